The van der Waals surface area contributed by atoms with Crippen molar-refractivity contribution in [2.45, 2.75) is 25.9 Å². The van der Waals surface area contributed by atoms with Crippen LogP contribution in [0.2, 0.25) is 0 Å². The van der Waals surface area contributed by atoms with Crippen molar-refractivity contribution in [1.82, 2.24) is 0 Å². The molecule has 1 fully saturated rings. The Hall–Kier alpha value is -0.120. The maximum absolute atomic E-state index is 5.75. The fraction of sp³-hybridized carbons (Fsp3) is 1.00. The van der Waals surface area contributed by atoms with Crippen molar-refractivity contribution in [3.8, 4) is 0 Å². The van der Waals surface area contributed by atoms with Gasteiger partial charge in [-0.3, -0.25) is 0 Å². The van der Waals surface area contributed by atoms with Gasteiger partial charge >= 0.3 is 0 Å². The second-order valence-electron chi connectivity index (χ2n) is 3.77. The quantitative estimate of drug-likeness (QED) is 0.686. The first-order valence-corrected chi connectivity index (χ1v) is 4.53. The van der Waals surface area contributed by atoms with Gasteiger partial charge in [-0.05, 0) is 19.8 Å². The Morgan fingerprint density at radius 3 is 2.92 bits per heavy atom. The second kappa shape index (κ2) is 4.21. The largest absolute Gasteiger partial charge is 0.384 e. The lowest BCUT2D eigenvalue weighted by atomic mass is 9.79. The number of methoxy groups -OCH3 is 1. The standard InChI is InChI=1S/C9H19NO2/c1-8-5-9(6-10,7-11-2)3-4-12-8/h8H,3-7,10H2,1-2H3. The molecule has 2 N–H and O–H groups in total. The summed E-state index contributed by atoms with van der Waals surface area (Å²) >= 11 is 0. The highest BCUT2D eigenvalue weighted by molar-refractivity contribution is 4.85. The Bertz CT molecular complexity index is 136. The van der Waals surface area contributed by atoms with E-state index < -0.39 is 0 Å². The van der Waals surface area contributed by atoms with Crippen molar-refractivity contribution >= 4 is 0 Å². The molecule has 0 amide bonds. The van der Waals surface area contributed by atoms with Crippen LogP contribution in [0.5, 0.6) is 0 Å². The molecule has 0 spiro atoms. The van der Waals surface area contributed by atoms with Crippen LogP contribution in [0.4, 0.5) is 0 Å². The molecule has 1 aliphatic heterocycles. The van der Waals surface area contributed by atoms with Gasteiger partial charge in [0.15, 0.2) is 0 Å². The van der Waals surface area contributed by atoms with Crippen LogP contribution in [0.15, 0.2) is 0 Å². The van der Waals surface area contributed by atoms with E-state index in [-0.39, 0.29) is 5.41 Å². The SMILES string of the molecule is COCC1(CN)CCOC(C)C1. The third-order valence-corrected chi connectivity index (χ3v) is 2.64. The average molecular weight is 173 g/mol. The molecule has 72 valence electrons. The van der Waals surface area contributed by atoms with Crippen LogP contribution >= 0.6 is 0 Å². The smallest absolute Gasteiger partial charge is 0.0553 e. The van der Waals surface area contributed by atoms with Crippen LogP contribution in [0, 0.1) is 5.41 Å². The molecule has 0 aromatic carbocycles. The molecule has 2 unspecified atom stereocenters. The third-order valence-electron chi connectivity index (χ3n) is 2.64. The minimum absolute atomic E-state index is 0.173. The van der Waals surface area contributed by atoms with Crippen LogP contribution in [0.3, 0.4) is 0 Å². The molecule has 0 radical (unpaired) electrons. The highest BCUT2D eigenvalue weighted by Gasteiger charge is 2.34. The number of hydrogen-bond acceptors (Lipinski definition) is 3. The van der Waals surface area contributed by atoms with Crippen LogP contribution in [0.25, 0.3) is 0 Å². The normalized spacial score (nSPS) is 36.8. The molecule has 1 saturated heterocycles. The first-order chi connectivity index (χ1) is 5.72. The molecule has 12 heavy (non-hydrogen) atoms. The molecule has 3 heteroatoms. The van der Waals surface area contributed by atoms with Crippen molar-refractivity contribution in [1.29, 1.82) is 0 Å². The van der Waals surface area contributed by atoms with E-state index in [4.69, 9.17) is 15.2 Å². The third kappa shape index (κ3) is 2.19. The molecule has 0 aromatic heterocycles. The van der Waals surface area contributed by atoms with Gasteiger partial charge in [0.25, 0.3) is 0 Å². The summed E-state index contributed by atoms with van der Waals surface area (Å²) in [6.07, 6.45) is 2.39. The molecule has 0 bridgehead atoms. The van der Waals surface area contributed by atoms with Crippen LogP contribution in [-0.2, 0) is 9.47 Å². The number of hydrogen-bond donors (Lipinski definition) is 1. The summed E-state index contributed by atoms with van der Waals surface area (Å²) in [6.45, 7) is 4.38. The Balaban J connectivity index is 2.51. The Kier molecular flexibility index (Phi) is 3.50. The van der Waals surface area contributed by atoms with E-state index in [1.165, 1.54) is 0 Å². The maximum Gasteiger partial charge on any atom is 0.0553 e. The van der Waals surface area contributed by atoms with Crippen molar-refractivity contribution in [2.24, 2.45) is 11.1 Å². The summed E-state index contributed by atoms with van der Waals surface area (Å²) in [6, 6.07) is 0. The van der Waals surface area contributed by atoms with Crippen molar-refractivity contribution in [2.75, 3.05) is 26.9 Å². The van der Waals surface area contributed by atoms with Gasteiger partial charge in [0.1, 0.15) is 0 Å². The van der Waals surface area contributed by atoms with Crippen molar-refractivity contribution < 1.29 is 9.47 Å². The molecule has 3 nitrogen and oxygen atoms in total. The summed E-state index contributed by atoms with van der Waals surface area (Å²) < 4.78 is 10.7. The highest BCUT2D eigenvalue weighted by Crippen LogP contribution is 2.32. The van der Waals surface area contributed by atoms with Gasteiger partial charge in [0, 0.05) is 25.7 Å². The van der Waals surface area contributed by atoms with E-state index in [0.717, 1.165) is 26.1 Å². The molecular weight excluding hydrogens is 154 g/mol. The second-order valence-corrected chi connectivity index (χ2v) is 3.77. The van der Waals surface area contributed by atoms with E-state index in [0.29, 0.717) is 12.6 Å². The molecule has 0 aliphatic carbocycles. The lowest BCUT2D eigenvalue weighted by Crippen LogP contribution is -2.42. The van der Waals surface area contributed by atoms with E-state index >= 15 is 0 Å². The number of nitrogens with two attached hydrogens (primary N) is 1. The molecule has 1 aliphatic rings. The minimum Gasteiger partial charge on any atom is -0.384 e. The average Bonchev–Trinajstić information content (AvgIpc) is 2.05. The first kappa shape index (κ1) is 9.96. The van der Waals surface area contributed by atoms with Gasteiger partial charge < -0.3 is 15.2 Å². The summed E-state index contributed by atoms with van der Waals surface area (Å²) in [5.74, 6) is 0. The number of ether oxygens (including phenoxy) is 2. The maximum atomic E-state index is 5.75. The topological polar surface area (TPSA) is 44.5 Å². The van der Waals surface area contributed by atoms with Gasteiger partial charge in [0.2, 0.25) is 0 Å². The molecule has 0 saturated carbocycles. The molecule has 2 atom stereocenters. The lowest BCUT2D eigenvalue weighted by Gasteiger charge is -2.38. The Labute approximate surface area is 74.2 Å². The minimum atomic E-state index is 0.173. The van der Waals surface area contributed by atoms with Gasteiger partial charge in [0.05, 0.1) is 12.7 Å². The van der Waals surface area contributed by atoms with Crippen LogP contribution in [0.1, 0.15) is 19.8 Å². The van der Waals surface area contributed by atoms with Gasteiger partial charge in [-0.25, -0.2) is 0 Å². The van der Waals surface area contributed by atoms with E-state index in [1.54, 1.807) is 7.11 Å². The summed E-state index contributed by atoms with van der Waals surface area (Å²) in [5.41, 5.74) is 5.92. The summed E-state index contributed by atoms with van der Waals surface area (Å²) in [4.78, 5) is 0. The number of rotatable bonds is 3. The van der Waals surface area contributed by atoms with Gasteiger partial charge in [-0.15, -0.1) is 0 Å². The van der Waals surface area contributed by atoms with Gasteiger partial charge in [-0.1, -0.05) is 0 Å². The lowest BCUT2D eigenvalue weighted by molar-refractivity contribution is -0.0628. The van der Waals surface area contributed by atoms with Crippen LogP contribution in [-0.4, -0.2) is 33.0 Å². The van der Waals surface area contributed by atoms with Crippen molar-refractivity contribution in [3.63, 3.8) is 0 Å². The summed E-state index contributed by atoms with van der Waals surface area (Å²) in [5, 5.41) is 0. The fourth-order valence-electron chi connectivity index (χ4n) is 1.93. The molecule has 0 aromatic rings. The molecular formula is C9H19NO2. The van der Waals surface area contributed by atoms with E-state index in [9.17, 15) is 0 Å². The van der Waals surface area contributed by atoms with Crippen molar-refractivity contribution in [3.05, 3.63) is 0 Å². The van der Waals surface area contributed by atoms with Gasteiger partial charge in [-0.2, -0.15) is 0 Å². The zero-order chi connectivity index (χ0) is 9.03. The monoisotopic (exact) mass is 173 g/mol. The Morgan fingerprint density at radius 1 is 1.67 bits per heavy atom. The predicted octanol–water partition coefficient (Wildman–Crippen LogP) is 0.777. The Morgan fingerprint density at radius 2 is 2.42 bits per heavy atom. The predicted molar refractivity (Wildman–Crippen MR) is 48.0 cm³/mol. The zero-order valence-corrected chi connectivity index (χ0v) is 8.01. The highest BCUT2D eigenvalue weighted by atomic mass is 16.5. The first-order valence-electron chi connectivity index (χ1n) is 4.53. The van der Waals surface area contributed by atoms with E-state index in [2.05, 4.69) is 6.92 Å². The fourth-order valence-corrected chi connectivity index (χ4v) is 1.93. The summed E-state index contributed by atoms with van der Waals surface area (Å²) in [7, 11) is 1.73. The van der Waals surface area contributed by atoms with E-state index in [1.807, 2.05) is 0 Å². The molecule has 1 rings (SSSR count). The van der Waals surface area contributed by atoms with Crippen LogP contribution < -0.4 is 5.73 Å². The zero-order valence-electron chi connectivity index (χ0n) is 8.01. The molecule has 1 heterocycles.